The molecule has 1 heterocycles. The maximum atomic E-state index is 11.7. The highest BCUT2D eigenvalue weighted by atomic mass is 16.7. The molecule has 22 heavy (non-hydrogen) atoms. The molecule has 1 aromatic carbocycles. The zero-order chi connectivity index (χ0) is 16.4. The van der Waals surface area contributed by atoms with Gasteiger partial charge >= 0.3 is 7.12 Å². The number of nitrogens with one attached hydrogen (secondary N) is 1. The summed E-state index contributed by atoms with van der Waals surface area (Å²) in [7, 11) is -0.382. The number of hydrogen-bond donors (Lipinski definition) is 2. The van der Waals surface area contributed by atoms with Crippen LogP contribution in [0.15, 0.2) is 24.3 Å². The third-order valence-electron chi connectivity index (χ3n) is 4.33. The van der Waals surface area contributed by atoms with Gasteiger partial charge in [-0.1, -0.05) is 12.1 Å². The summed E-state index contributed by atoms with van der Waals surface area (Å²) in [6.45, 7) is 8.63. The largest absolute Gasteiger partial charge is 0.494 e. The summed E-state index contributed by atoms with van der Waals surface area (Å²) in [6.07, 6.45) is 1.13. The zero-order valence-corrected chi connectivity index (χ0v) is 13.8. The predicted octanol–water partition coefficient (Wildman–Crippen LogP) is 1.66. The highest BCUT2D eigenvalue weighted by Gasteiger charge is 2.51. The van der Waals surface area contributed by atoms with Crippen LogP contribution in [0.25, 0.3) is 0 Å². The SMILES string of the molecule is CC1(C)OB(c2ccc(NC(=O)CCCN)cc2)OC1(C)C. The Bertz CT molecular complexity index is 513. The second-order valence-corrected chi connectivity index (χ2v) is 6.65. The van der Waals surface area contributed by atoms with Gasteiger partial charge in [0.25, 0.3) is 0 Å². The molecule has 120 valence electrons. The summed E-state index contributed by atoms with van der Waals surface area (Å²) in [5, 5.41) is 2.85. The Hall–Kier alpha value is -1.37. The van der Waals surface area contributed by atoms with Crippen LogP contribution in [0.3, 0.4) is 0 Å². The van der Waals surface area contributed by atoms with Crippen molar-refractivity contribution in [1.29, 1.82) is 0 Å². The van der Waals surface area contributed by atoms with Gasteiger partial charge in [0.2, 0.25) is 5.91 Å². The lowest BCUT2D eigenvalue weighted by atomic mass is 9.79. The molecular weight excluding hydrogens is 279 g/mol. The van der Waals surface area contributed by atoms with E-state index in [0.29, 0.717) is 19.4 Å². The molecule has 0 unspecified atom stereocenters. The Morgan fingerprint density at radius 1 is 1.14 bits per heavy atom. The fourth-order valence-electron chi connectivity index (χ4n) is 2.19. The summed E-state index contributed by atoms with van der Waals surface area (Å²) >= 11 is 0. The van der Waals surface area contributed by atoms with E-state index < -0.39 is 0 Å². The number of anilines is 1. The van der Waals surface area contributed by atoms with Gasteiger partial charge < -0.3 is 20.4 Å². The van der Waals surface area contributed by atoms with E-state index in [1.807, 2.05) is 52.0 Å². The van der Waals surface area contributed by atoms with E-state index >= 15 is 0 Å². The summed E-state index contributed by atoms with van der Waals surface area (Å²) < 4.78 is 12.0. The molecule has 5 nitrogen and oxygen atoms in total. The van der Waals surface area contributed by atoms with Gasteiger partial charge in [-0.3, -0.25) is 4.79 Å². The van der Waals surface area contributed by atoms with E-state index in [1.165, 1.54) is 0 Å². The smallest absolute Gasteiger partial charge is 0.399 e. The lowest BCUT2D eigenvalue weighted by molar-refractivity contribution is -0.116. The van der Waals surface area contributed by atoms with Crippen LogP contribution in [0, 0.1) is 0 Å². The quantitative estimate of drug-likeness (QED) is 0.812. The third-order valence-corrected chi connectivity index (χ3v) is 4.33. The Morgan fingerprint density at radius 2 is 1.68 bits per heavy atom. The van der Waals surface area contributed by atoms with Crippen LogP contribution in [-0.4, -0.2) is 30.8 Å². The Morgan fingerprint density at radius 3 is 2.18 bits per heavy atom. The summed E-state index contributed by atoms with van der Waals surface area (Å²) in [4.78, 5) is 11.7. The van der Waals surface area contributed by atoms with E-state index in [-0.39, 0.29) is 24.2 Å². The van der Waals surface area contributed by atoms with Gasteiger partial charge in [-0.05, 0) is 58.3 Å². The van der Waals surface area contributed by atoms with Gasteiger partial charge in [-0.25, -0.2) is 0 Å². The molecular formula is C16H25BN2O3. The van der Waals surface area contributed by atoms with Crippen molar-refractivity contribution in [3.05, 3.63) is 24.3 Å². The monoisotopic (exact) mass is 304 g/mol. The van der Waals surface area contributed by atoms with Crippen LogP contribution in [0.1, 0.15) is 40.5 Å². The van der Waals surface area contributed by atoms with E-state index in [4.69, 9.17) is 15.0 Å². The van der Waals surface area contributed by atoms with Crippen molar-refractivity contribution < 1.29 is 14.1 Å². The molecule has 6 heteroatoms. The van der Waals surface area contributed by atoms with Crippen LogP contribution in [0.4, 0.5) is 5.69 Å². The second-order valence-electron chi connectivity index (χ2n) is 6.65. The fourth-order valence-corrected chi connectivity index (χ4v) is 2.19. The van der Waals surface area contributed by atoms with Crippen molar-refractivity contribution in [3.8, 4) is 0 Å². The first-order valence-electron chi connectivity index (χ1n) is 7.71. The number of carbonyl (C=O) groups excluding carboxylic acids is 1. The van der Waals surface area contributed by atoms with Gasteiger partial charge in [0, 0.05) is 12.1 Å². The van der Waals surface area contributed by atoms with Gasteiger partial charge in [0.05, 0.1) is 11.2 Å². The van der Waals surface area contributed by atoms with Crippen LogP contribution < -0.4 is 16.5 Å². The molecule has 0 aromatic heterocycles. The molecule has 0 bridgehead atoms. The molecule has 1 saturated heterocycles. The molecule has 0 aliphatic carbocycles. The van der Waals surface area contributed by atoms with Gasteiger partial charge in [-0.2, -0.15) is 0 Å². The van der Waals surface area contributed by atoms with Crippen LogP contribution in [0.2, 0.25) is 0 Å². The lowest BCUT2D eigenvalue weighted by Gasteiger charge is -2.32. The minimum Gasteiger partial charge on any atom is -0.399 e. The molecule has 3 N–H and O–H groups in total. The first-order chi connectivity index (χ1) is 10.2. The first kappa shape index (κ1) is 17.0. The Balaban J connectivity index is 2.00. The fraction of sp³-hybridized carbons (Fsp3) is 0.562. The van der Waals surface area contributed by atoms with Crippen molar-refractivity contribution >= 4 is 24.2 Å². The minimum absolute atomic E-state index is 0.0196. The normalized spacial score (nSPS) is 19.2. The standard InChI is InChI=1S/C16H25BN2O3/c1-15(2)16(3,4)22-17(21-15)12-7-9-13(10-8-12)19-14(20)6-5-11-18/h7-10H,5-6,11,18H2,1-4H3,(H,19,20). The topological polar surface area (TPSA) is 73.6 Å². The average molecular weight is 304 g/mol. The number of nitrogens with two attached hydrogens (primary N) is 1. The van der Waals surface area contributed by atoms with Crippen molar-refractivity contribution in [2.75, 3.05) is 11.9 Å². The van der Waals surface area contributed by atoms with Gasteiger partial charge in [0.1, 0.15) is 0 Å². The van der Waals surface area contributed by atoms with Crippen LogP contribution >= 0.6 is 0 Å². The van der Waals surface area contributed by atoms with Crippen LogP contribution in [0.5, 0.6) is 0 Å². The Kier molecular flexibility index (Phi) is 4.95. The van der Waals surface area contributed by atoms with E-state index in [1.54, 1.807) is 0 Å². The summed E-state index contributed by atoms with van der Waals surface area (Å²) in [6, 6.07) is 7.56. The lowest BCUT2D eigenvalue weighted by Crippen LogP contribution is -2.41. The molecule has 1 fully saturated rings. The molecule has 0 saturated carbocycles. The number of carbonyl (C=O) groups is 1. The highest BCUT2D eigenvalue weighted by molar-refractivity contribution is 6.62. The van der Waals surface area contributed by atoms with Gasteiger partial charge in [0.15, 0.2) is 0 Å². The number of rotatable bonds is 5. The molecule has 2 rings (SSSR count). The molecule has 1 amide bonds. The van der Waals surface area contributed by atoms with Crippen LogP contribution in [-0.2, 0) is 14.1 Å². The minimum atomic E-state index is -0.382. The molecule has 0 atom stereocenters. The second kappa shape index (κ2) is 6.40. The molecule has 1 aromatic rings. The maximum Gasteiger partial charge on any atom is 0.494 e. The number of amides is 1. The number of benzene rings is 1. The van der Waals surface area contributed by atoms with Crippen molar-refractivity contribution in [2.45, 2.75) is 51.7 Å². The highest BCUT2D eigenvalue weighted by Crippen LogP contribution is 2.36. The molecule has 0 spiro atoms. The zero-order valence-electron chi connectivity index (χ0n) is 13.8. The summed E-state index contributed by atoms with van der Waals surface area (Å²) in [5.74, 6) is -0.0196. The average Bonchev–Trinajstić information content (AvgIpc) is 2.66. The molecule has 0 radical (unpaired) electrons. The molecule has 1 aliphatic heterocycles. The van der Waals surface area contributed by atoms with E-state index in [2.05, 4.69) is 5.32 Å². The van der Waals surface area contributed by atoms with Crippen molar-refractivity contribution in [2.24, 2.45) is 5.73 Å². The third kappa shape index (κ3) is 3.69. The Labute approximate surface area is 132 Å². The predicted molar refractivity (Wildman–Crippen MR) is 89.1 cm³/mol. The van der Waals surface area contributed by atoms with E-state index in [0.717, 1.165) is 11.2 Å². The first-order valence-corrected chi connectivity index (χ1v) is 7.71. The summed E-state index contributed by atoms with van der Waals surface area (Å²) in [5.41, 5.74) is 6.40. The maximum absolute atomic E-state index is 11.7. The van der Waals surface area contributed by atoms with Crippen molar-refractivity contribution in [3.63, 3.8) is 0 Å². The van der Waals surface area contributed by atoms with Gasteiger partial charge in [-0.15, -0.1) is 0 Å². The van der Waals surface area contributed by atoms with Crippen molar-refractivity contribution in [1.82, 2.24) is 0 Å². The number of hydrogen-bond acceptors (Lipinski definition) is 4. The van der Waals surface area contributed by atoms with E-state index in [9.17, 15) is 4.79 Å². The molecule has 1 aliphatic rings.